The number of fused-ring (bicyclic) bond motifs is 1. The van der Waals surface area contributed by atoms with Crippen molar-refractivity contribution in [1.29, 1.82) is 5.26 Å². The average Bonchev–Trinajstić information content (AvgIpc) is 3.06. The number of hydrogen-bond donors (Lipinski definition) is 1. The summed E-state index contributed by atoms with van der Waals surface area (Å²) in [6.45, 7) is 1.74. The van der Waals surface area contributed by atoms with Crippen molar-refractivity contribution in [3.63, 3.8) is 0 Å². The van der Waals surface area contributed by atoms with Gasteiger partial charge in [0.1, 0.15) is 11.8 Å². The van der Waals surface area contributed by atoms with Crippen LogP contribution >= 0.6 is 0 Å². The summed E-state index contributed by atoms with van der Waals surface area (Å²) in [6, 6.07) is 1.29. The number of anilines is 1. The predicted octanol–water partition coefficient (Wildman–Crippen LogP) is 3.17. The van der Waals surface area contributed by atoms with Crippen molar-refractivity contribution in [3.8, 4) is 6.07 Å². The minimum Gasteiger partial charge on any atom is -0.382 e. The van der Waals surface area contributed by atoms with Gasteiger partial charge in [0.25, 0.3) is 6.43 Å². The highest BCUT2D eigenvalue weighted by atomic mass is 19.4. The molecule has 9 heteroatoms. The zero-order valence-electron chi connectivity index (χ0n) is 12.6. The first-order chi connectivity index (χ1) is 11.1. The van der Waals surface area contributed by atoms with E-state index < -0.39 is 41.5 Å². The Bertz CT molecular complexity index is 701. The summed E-state index contributed by atoms with van der Waals surface area (Å²) < 4.78 is 65.0. The second kappa shape index (κ2) is 5.28. The molecule has 0 spiro atoms. The number of piperidine rings is 1. The molecule has 0 radical (unpaired) electrons. The van der Waals surface area contributed by atoms with Crippen molar-refractivity contribution >= 4 is 5.69 Å². The van der Waals surface area contributed by atoms with Crippen LogP contribution in [0.4, 0.5) is 27.6 Å². The van der Waals surface area contributed by atoms with Crippen LogP contribution in [-0.4, -0.2) is 34.0 Å². The number of aliphatic hydroxyl groups is 1. The maximum Gasteiger partial charge on any atom is 0.416 e. The van der Waals surface area contributed by atoms with Crippen molar-refractivity contribution in [1.82, 2.24) is 4.98 Å². The van der Waals surface area contributed by atoms with E-state index in [1.54, 1.807) is 13.0 Å². The third-order valence-corrected chi connectivity index (χ3v) is 5.01. The lowest BCUT2D eigenvalue weighted by Crippen LogP contribution is -2.51. The second-order valence-electron chi connectivity index (χ2n) is 6.46. The number of nitriles is 1. The van der Waals surface area contributed by atoms with Crippen LogP contribution in [0.1, 0.15) is 37.4 Å². The fourth-order valence-electron chi connectivity index (χ4n) is 3.68. The molecule has 4 atom stereocenters. The van der Waals surface area contributed by atoms with Crippen LogP contribution in [0.3, 0.4) is 0 Å². The van der Waals surface area contributed by atoms with E-state index in [4.69, 9.17) is 5.26 Å². The highest BCUT2D eigenvalue weighted by molar-refractivity contribution is 5.57. The van der Waals surface area contributed by atoms with Crippen LogP contribution in [0.25, 0.3) is 0 Å². The Labute approximate surface area is 134 Å². The van der Waals surface area contributed by atoms with E-state index in [2.05, 4.69) is 4.98 Å². The van der Waals surface area contributed by atoms with Gasteiger partial charge in [-0.3, -0.25) is 0 Å². The molecule has 2 heterocycles. The van der Waals surface area contributed by atoms with E-state index in [1.165, 1.54) is 4.90 Å². The molecule has 1 aliphatic carbocycles. The SMILES string of the molecule is CC12C[C@H]1C[C@H]([C@H](O)C(F)(F)F)N2c1cnc(C#N)c(C(F)F)c1. The molecule has 1 unspecified atom stereocenters. The lowest BCUT2D eigenvalue weighted by molar-refractivity contribution is -0.209. The van der Waals surface area contributed by atoms with Crippen molar-refractivity contribution in [3.05, 3.63) is 23.5 Å². The molecule has 0 bridgehead atoms. The molecular weight excluding hydrogens is 333 g/mol. The van der Waals surface area contributed by atoms with E-state index in [9.17, 15) is 27.1 Å². The third-order valence-electron chi connectivity index (χ3n) is 5.01. The second-order valence-corrected chi connectivity index (χ2v) is 6.46. The summed E-state index contributed by atoms with van der Waals surface area (Å²) in [6.07, 6.45) is -8.48. The maximum absolute atomic E-state index is 13.1. The lowest BCUT2D eigenvalue weighted by atomic mass is 10.0. The summed E-state index contributed by atoms with van der Waals surface area (Å²) in [5.74, 6) is -0.0369. The molecular formula is C15H14F5N3O. The van der Waals surface area contributed by atoms with Crippen LogP contribution in [0.15, 0.2) is 12.3 Å². The van der Waals surface area contributed by atoms with Crippen LogP contribution in [0.2, 0.25) is 0 Å². The molecule has 3 rings (SSSR count). The van der Waals surface area contributed by atoms with Gasteiger partial charge >= 0.3 is 6.18 Å². The number of halogens is 5. The molecule has 1 saturated carbocycles. The van der Waals surface area contributed by atoms with Gasteiger partial charge in [-0.2, -0.15) is 18.4 Å². The highest BCUT2D eigenvalue weighted by Crippen LogP contribution is 2.60. The molecule has 2 fully saturated rings. The Morgan fingerprint density at radius 3 is 2.67 bits per heavy atom. The smallest absolute Gasteiger partial charge is 0.382 e. The molecule has 4 nitrogen and oxygen atoms in total. The molecule has 1 aliphatic heterocycles. The largest absolute Gasteiger partial charge is 0.416 e. The highest BCUT2D eigenvalue weighted by Gasteiger charge is 2.65. The minimum atomic E-state index is -4.80. The summed E-state index contributed by atoms with van der Waals surface area (Å²) in [4.78, 5) is 5.00. The lowest BCUT2D eigenvalue weighted by Gasteiger charge is -2.37. The molecule has 0 amide bonds. The number of aromatic nitrogens is 1. The Morgan fingerprint density at radius 1 is 1.46 bits per heavy atom. The van der Waals surface area contributed by atoms with E-state index in [1.807, 2.05) is 0 Å². The number of aliphatic hydroxyl groups excluding tert-OH is 1. The van der Waals surface area contributed by atoms with Gasteiger partial charge in [0, 0.05) is 5.54 Å². The minimum absolute atomic E-state index is 0.0369. The zero-order chi connectivity index (χ0) is 17.9. The van der Waals surface area contributed by atoms with Gasteiger partial charge in [-0.15, -0.1) is 0 Å². The zero-order valence-corrected chi connectivity index (χ0v) is 12.6. The van der Waals surface area contributed by atoms with E-state index in [0.717, 1.165) is 12.3 Å². The normalized spacial score (nSPS) is 30.2. The summed E-state index contributed by atoms with van der Waals surface area (Å²) in [5, 5.41) is 18.5. The Morgan fingerprint density at radius 2 is 2.12 bits per heavy atom. The first kappa shape index (κ1) is 16.9. The first-order valence-corrected chi connectivity index (χ1v) is 7.32. The Hall–Kier alpha value is -1.95. The molecule has 1 saturated heterocycles. The Kier molecular flexibility index (Phi) is 3.71. The number of rotatable bonds is 3. The third kappa shape index (κ3) is 2.49. The standard InChI is InChI=1S/C15H14F5N3O/c1-14-4-7(14)2-11(12(24)15(18,19)20)23(14)8-3-9(13(16)17)10(5-21)22-6-8/h3,6-7,11-13,24H,2,4H2,1H3/t7-,11-,12+,14?/m1/s1. The van der Waals surface area contributed by atoms with Crippen LogP contribution in [-0.2, 0) is 0 Å². The van der Waals surface area contributed by atoms with E-state index in [-0.39, 0.29) is 18.0 Å². The number of nitrogens with zero attached hydrogens (tertiary/aromatic N) is 3. The van der Waals surface area contributed by atoms with Crippen molar-refractivity contribution < 1.29 is 27.1 Å². The molecule has 24 heavy (non-hydrogen) atoms. The van der Waals surface area contributed by atoms with E-state index >= 15 is 0 Å². The monoisotopic (exact) mass is 347 g/mol. The van der Waals surface area contributed by atoms with Crippen molar-refractivity contribution in [2.45, 2.75) is 50.1 Å². The summed E-state index contributed by atoms with van der Waals surface area (Å²) in [5.41, 5.74) is -1.63. The van der Waals surface area contributed by atoms with Gasteiger partial charge in [0.15, 0.2) is 6.10 Å². The summed E-state index contributed by atoms with van der Waals surface area (Å²) >= 11 is 0. The van der Waals surface area contributed by atoms with Crippen LogP contribution in [0, 0.1) is 17.2 Å². The van der Waals surface area contributed by atoms with Gasteiger partial charge in [-0.05, 0) is 31.7 Å². The topological polar surface area (TPSA) is 60.1 Å². The average molecular weight is 347 g/mol. The molecule has 2 aliphatic rings. The van der Waals surface area contributed by atoms with Crippen LogP contribution < -0.4 is 4.90 Å². The molecule has 1 aromatic heterocycles. The van der Waals surface area contributed by atoms with E-state index in [0.29, 0.717) is 6.42 Å². The van der Waals surface area contributed by atoms with Gasteiger partial charge in [0.2, 0.25) is 0 Å². The van der Waals surface area contributed by atoms with Gasteiger partial charge in [-0.1, -0.05) is 0 Å². The number of hydrogen-bond acceptors (Lipinski definition) is 4. The fourth-order valence-corrected chi connectivity index (χ4v) is 3.68. The molecule has 1 aromatic rings. The summed E-state index contributed by atoms with van der Waals surface area (Å²) in [7, 11) is 0. The number of alkyl halides is 5. The number of pyridine rings is 1. The Balaban J connectivity index is 2.02. The quantitative estimate of drug-likeness (QED) is 0.854. The first-order valence-electron chi connectivity index (χ1n) is 7.32. The van der Waals surface area contributed by atoms with Crippen molar-refractivity contribution in [2.75, 3.05) is 4.90 Å². The predicted molar refractivity (Wildman–Crippen MR) is 73.4 cm³/mol. The van der Waals surface area contributed by atoms with Gasteiger partial charge < -0.3 is 10.0 Å². The van der Waals surface area contributed by atoms with Gasteiger partial charge in [-0.25, -0.2) is 13.8 Å². The van der Waals surface area contributed by atoms with Gasteiger partial charge in [0.05, 0.1) is 23.5 Å². The molecule has 1 N–H and O–H groups in total. The van der Waals surface area contributed by atoms with Crippen molar-refractivity contribution in [2.24, 2.45) is 5.92 Å². The molecule has 130 valence electrons. The van der Waals surface area contributed by atoms with Crippen LogP contribution in [0.5, 0.6) is 0 Å². The molecule has 0 aromatic carbocycles. The maximum atomic E-state index is 13.1. The fraction of sp³-hybridized carbons (Fsp3) is 0.600.